The smallest absolute Gasteiger partial charge is 0.308 e. The van der Waals surface area contributed by atoms with Gasteiger partial charge in [-0.15, -0.1) is 6.42 Å². The van der Waals surface area contributed by atoms with E-state index in [9.17, 15) is 43.2 Å². The number of hydrogen-bond acceptors (Lipinski definition) is 13. The molecule has 1 saturated heterocycles. The Morgan fingerprint density at radius 2 is 0.988 bits per heavy atom. The lowest BCUT2D eigenvalue weighted by Gasteiger charge is -2.28. The Kier molecular flexibility index (Phi) is 59.2. The van der Waals surface area contributed by atoms with Crippen LogP contribution in [0, 0.1) is 88.8 Å². The number of nitriles is 1. The molecule has 0 unspecified atom stereocenters. The summed E-state index contributed by atoms with van der Waals surface area (Å²) in [4.78, 5) is 98.2. The molecule has 7 amide bonds. The van der Waals surface area contributed by atoms with E-state index in [1.807, 2.05) is 136 Å². The molecule has 3 aliphatic carbocycles. The highest BCUT2D eigenvalue weighted by molar-refractivity contribution is 5.80. The molecule has 1 heterocycles. The summed E-state index contributed by atoms with van der Waals surface area (Å²) in [6, 6.07) is 3.08. The van der Waals surface area contributed by atoms with Crippen LogP contribution in [0.5, 0.6) is 0 Å². The van der Waals surface area contributed by atoms with E-state index in [0.717, 1.165) is 25.6 Å². The van der Waals surface area contributed by atoms with Gasteiger partial charge >= 0.3 is 11.9 Å². The third kappa shape index (κ3) is 72.2. The number of esters is 2. The molecule has 0 radical (unpaired) electrons. The van der Waals surface area contributed by atoms with E-state index in [-0.39, 0.29) is 119 Å². The highest BCUT2D eigenvalue weighted by atomic mass is 16.5. The second-order valence-corrected chi connectivity index (χ2v) is 24.3. The molecule has 0 aromatic carbocycles. The molecule has 3 saturated carbocycles. The van der Waals surface area contributed by atoms with Crippen LogP contribution >= 0.6 is 0 Å². The average molecular weight is 1210 g/mol. The van der Waals surface area contributed by atoms with Crippen LogP contribution in [-0.4, -0.2) is 129 Å². The number of carbonyl (C=O) groups excluding carboxylic acids is 9. The van der Waals surface area contributed by atoms with Gasteiger partial charge < -0.3 is 51.4 Å². The van der Waals surface area contributed by atoms with Gasteiger partial charge in [-0.2, -0.15) is 5.26 Å². The van der Waals surface area contributed by atoms with Crippen molar-refractivity contribution in [1.29, 1.82) is 5.26 Å². The summed E-state index contributed by atoms with van der Waals surface area (Å²) in [7, 11) is 0. The van der Waals surface area contributed by atoms with Crippen molar-refractivity contribution in [1.82, 2.24) is 31.5 Å². The van der Waals surface area contributed by atoms with Crippen LogP contribution in [0.15, 0.2) is 12.7 Å². The lowest BCUT2D eigenvalue weighted by atomic mass is 10.2. The fourth-order valence-corrected chi connectivity index (χ4v) is 4.67. The van der Waals surface area contributed by atoms with Crippen molar-refractivity contribution in [3.8, 4) is 18.4 Å². The highest BCUT2D eigenvalue weighted by Gasteiger charge is 2.25. The van der Waals surface area contributed by atoms with Crippen LogP contribution in [-0.2, 0) is 57.4 Å². The van der Waals surface area contributed by atoms with Gasteiger partial charge in [0.1, 0.15) is 6.61 Å². The number of primary amides is 1. The molecule has 0 aromatic heterocycles. The zero-order valence-corrected chi connectivity index (χ0v) is 57.2. The fourth-order valence-electron chi connectivity index (χ4n) is 4.67. The van der Waals surface area contributed by atoms with E-state index in [1.54, 1.807) is 33.8 Å². The lowest BCUT2D eigenvalue weighted by molar-refractivity contribution is -0.148. The summed E-state index contributed by atoms with van der Waals surface area (Å²) in [6.07, 6.45) is 13.9. The van der Waals surface area contributed by atoms with Gasteiger partial charge in [0.2, 0.25) is 41.4 Å². The molecule has 20 nitrogen and oxygen atoms in total. The van der Waals surface area contributed by atoms with Crippen molar-refractivity contribution in [2.45, 2.75) is 216 Å². The Labute approximate surface area is 515 Å². The largest absolute Gasteiger partial charge is 0.465 e. The van der Waals surface area contributed by atoms with Crippen molar-refractivity contribution >= 4 is 53.3 Å². The Morgan fingerprint density at radius 3 is 1.26 bits per heavy atom. The molecule has 494 valence electrons. The Bertz CT molecular complexity index is 1870. The average Bonchev–Trinajstić information content (AvgIpc) is 4.29. The van der Waals surface area contributed by atoms with E-state index in [1.165, 1.54) is 45.4 Å². The monoisotopic (exact) mass is 1210 g/mol. The van der Waals surface area contributed by atoms with Crippen LogP contribution in [0.2, 0.25) is 0 Å². The predicted octanol–water partition coefficient (Wildman–Crippen LogP) is 8.94. The third-order valence-electron chi connectivity index (χ3n) is 10.7. The summed E-state index contributed by atoms with van der Waals surface area (Å²) < 4.78 is 14.8. The molecule has 0 atom stereocenters. The molecule has 0 spiro atoms. The molecule has 1 aliphatic heterocycles. The van der Waals surface area contributed by atoms with Gasteiger partial charge in [-0.05, 0) is 91.9 Å². The van der Waals surface area contributed by atoms with Gasteiger partial charge in [0.05, 0.1) is 44.3 Å². The maximum absolute atomic E-state index is 11.4. The minimum Gasteiger partial charge on any atom is -0.465 e. The van der Waals surface area contributed by atoms with E-state index in [4.69, 9.17) is 31.6 Å². The number of nitrogens with zero attached hydrogens (tertiary/aromatic N) is 2. The first kappa shape index (κ1) is 90.2. The Balaban J connectivity index is -0.000000205. The summed E-state index contributed by atoms with van der Waals surface area (Å²) in [5, 5.41) is 21.7. The number of hydrogen-bond donors (Lipinski definition) is 6. The number of amides is 7. The van der Waals surface area contributed by atoms with Crippen LogP contribution in [0.4, 0.5) is 0 Å². The molecule has 0 bridgehead atoms. The zero-order chi connectivity index (χ0) is 67.5. The van der Waals surface area contributed by atoms with Crippen LogP contribution in [0.25, 0.3) is 0 Å². The standard InChI is InChI=1S/C8H15NO2.C8H15NO.C8H14O2.C7H13NO.C7H15NO.C7H11NO.C7H12O2.C5H11NO.C4H9NO.C4H7N/c1-7(2)8(10)9-3-5-11-6-4-9;1-6(2)8(10)9-5-7-3-4-7;1-6(2)8(9)10-5-7-3-4-7;1-5(2)7(9)8-6-3-4-6;1-5(2)7(9)8-6(3)4;1-4-5-8-7(9)6(2)3;1-4-5-9-7(8)6(2)3;1-4(2)6-5(3)7;1-3(2)4(5)6;1-4(2)3-5/h7H,3-6H2,1-2H3;6-7H,3-5H2,1-2H3,(H,9,10);6-7H,3-5H2,1-2H3;5-6H,3-4H2,1-2H3,(H,8,9);5-6H,1-4H3,(H,8,9);1,6H,5H2,2-3H3,(H,8,9);4,6H,1,5H2,2-3H3;4H,1-3H3,(H,6,7);3H,1-2H3,(H2,5,6);4H,1-2H3. The van der Waals surface area contributed by atoms with Gasteiger partial charge in [0.15, 0.2) is 0 Å². The maximum Gasteiger partial charge on any atom is 0.308 e. The number of carbonyl (C=O) groups is 9. The SMILES string of the molecule is C#CCNC(=O)C(C)C.C=CCOC(=O)C(C)C.CC(=O)NC(C)C.CC(C)C#N.CC(C)C(=O)N1CCOCC1.CC(C)C(=O)NC1CC1.CC(C)C(=O)NCC1CC1.CC(C)C(=O)OCC1CC1.CC(C)C(N)=O.CC(C)NC(=O)C(C)C. The zero-order valence-electron chi connectivity index (χ0n) is 57.2. The summed E-state index contributed by atoms with van der Waals surface area (Å²) >= 11 is 0. The molecule has 4 rings (SSSR count). The summed E-state index contributed by atoms with van der Waals surface area (Å²) in [5.74, 6) is 4.82. The normalized spacial score (nSPS) is 13.3. The molecular weight excluding hydrogens is 1080 g/mol. The summed E-state index contributed by atoms with van der Waals surface area (Å²) in [5.41, 5.74) is 4.80. The second kappa shape index (κ2) is 55.8. The quantitative estimate of drug-likeness (QED) is 0.0425. The van der Waals surface area contributed by atoms with Crippen LogP contribution in [0.1, 0.15) is 198 Å². The molecule has 85 heavy (non-hydrogen) atoms. The lowest BCUT2D eigenvalue weighted by Crippen LogP contribution is -2.42. The van der Waals surface area contributed by atoms with Crippen molar-refractivity contribution in [3.05, 3.63) is 12.7 Å². The molecule has 7 N–H and O–H groups in total. The first-order valence-corrected chi connectivity index (χ1v) is 30.6. The number of terminal acetylenes is 1. The van der Waals surface area contributed by atoms with E-state index < -0.39 is 0 Å². The van der Waals surface area contributed by atoms with Gasteiger partial charge in [0.25, 0.3) is 0 Å². The van der Waals surface area contributed by atoms with Crippen molar-refractivity contribution < 1.29 is 57.4 Å². The maximum atomic E-state index is 11.4. The third-order valence-corrected chi connectivity index (χ3v) is 10.7. The van der Waals surface area contributed by atoms with Crippen molar-refractivity contribution in [3.63, 3.8) is 0 Å². The van der Waals surface area contributed by atoms with Crippen molar-refractivity contribution in [2.75, 3.05) is 52.6 Å². The first-order chi connectivity index (χ1) is 39.2. The minimum atomic E-state index is -0.241. The molecule has 20 heteroatoms. The second-order valence-electron chi connectivity index (χ2n) is 24.3. The van der Waals surface area contributed by atoms with Gasteiger partial charge in [0, 0.05) is 86.1 Å². The number of nitrogens with two attached hydrogens (primary N) is 1. The molecule has 4 fully saturated rings. The Morgan fingerprint density at radius 1 is 0.588 bits per heavy atom. The van der Waals surface area contributed by atoms with Gasteiger partial charge in [-0.1, -0.05) is 129 Å². The molecule has 0 aromatic rings. The first-order valence-electron chi connectivity index (χ1n) is 30.6. The predicted molar refractivity (Wildman–Crippen MR) is 342 cm³/mol. The topological polar surface area (TPSA) is 295 Å². The number of rotatable bonds is 18. The van der Waals surface area contributed by atoms with E-state index >= 15 is 0 Å². The minimum absolute atomic E-state index is 0.00736. The number of nitrogens with one attached hydrogen (secondary N) is 5. The number of morpholine rings is 1. The number of ether oxygens (including phenoxy) is 3. The molecular formula is C65H122N8O12. The van der Waals surface area contributed by atoms with Gasteiger partial charge in [-0.25, -0.2) is 0 Å². The van der Waals surface area contributed by atoms with E-state index in [0.29, 0.717) is 44.9 Å². The van der Waals surface area contributed by atoms with E-state index in [2.05, 4.69) is 39.1 Å². The van der Waals surface area contributed by atoms with Crippen molar-refractivity contribution in [2.24, 2.45) is 70.8 Å². The van der Waals surface area contributed by atoms with Crippen LogP contribution < -0.4 is 32.3 Å². The Hall–Kier alpha value is -6.02. The molecule has 4 aliphatic rings. The fraction of sp³-hybridized carbons (Fsp3) is 0.785. The van der Waals surface area contributed by atoms with Gasteiger partial charge in [-0.3, -0.25) is 43.2 Å². The highest BCUT2D eigenvalue weighted by Crippen LogP contribution is 2.29. The summed E-state index contributed by atoms with van der Waals surface area (Å²) in [6.45, 7) is 51.3. The van der Waals surface area contributed by atoms with Crippen LogP contribution in [0.3, 0.4) is 0 Å².